The summed E-state index contributed by atoms with van der Waals surface area (Å²) in [6.07, 6.45) is 2.32. The van der Waals surface area contributed by atoms with Gasteiger partial charge in [-0.1, -0.05) is 13.8 Å². The van der Waals surface area contributed by atoms with Crippen LogP contribution in [0.25, 0.3) is 0 Å². The molecule has 2 fully saturated rings. The molecule has 0 spiro atoms. The monoisotopic (exact) mass is 244 g/mol. The second kappa shape index (κ2) is 4.50. The van der Waals surface area contributed by atoms with Crippen molar-refractivity contribution in [3.8, 4) is 0 Å². The minimum absolute atomic E-state index is 0.0173. The molecule has 17 heavy (non-hydrogen) atoms. The van der Waals surface area contributed by atoms with Gasteiger partial charge in [0.15, 0.2) is 12.1 Å². The van der Waals surface area contributed by atoms with Gasteiger partial charge >= 0.3 is 0 Å². The molecular weight excluding hydrogens is 220 g/mol. The average molecular weight is 244 g/mol. The lowest BCUT2D eigenvalue weighted by Gasteiger charge is -2.34. The molecule has 2 heterocycles. The largest absolute Gasteiger partial charge is 0.396 e. The summed E-state index contributed by atoms with van der Waals surface area (Å²) in [6, 6.07) is 0. The van der Waals surface area contributed by atoms with Crippen molar-refractivity contribution in [3.63, 3.8) is 0 Å². The molecule has 4 atom stereocenters. The Bertz CT molecular complexity index is 279. The Balaban J connectivity index is 2.09. The Morgan fingerprint density at radius 2 is 1.88 bits per heavy atom. The van der Waals surface area contributed by atoms with Gasteiger partial charge < -0.3 is 19.3 Å². The highest BCUT2D eigenvalue weighted by Gasteiger charge is 2.58. The summed E-state index contributed by atoms with van der Waals surface area (Å²) in [5.74, 6) is -0.244. The Kier molecular flexibility index (Phi) is 3.51. The zero-order valence-corrected chi connectivity index (χ0v) is 11.2. The number of hydrogen-bond acceptors (Lipinski definition) is 4. The molecule has 0 amide bonds. The average Bonchev–Trinajstić information content (AvgIpc) is 2.69. The molecule has 0 unspecified atom stereocenters. The van der Waals surface area contributed by atoms with Crippen LogP contribution < -0.4 is 0 Å². The van der Waals surface area contributed by atoms with Crippen molar-refractivity contribution >= 4 is 0 Å². The SMILES string of the molecule is CC[C@@]1(CCCO)O[C@@H]2OC(C)(C)O[C@@H]2[C@@H]1C. The lowest BCUT2D eigenvalue weighted by Crippen LogP contribution is -2.39. The Morgan fingerprint density at radius 1 is 1.18 bits per heavy atom. The molecule has 4 nitrogen and oxygen atoms in total. The summed E-state index contributed by atoms with van der Waals surface area (Å²) in [6.45, 7) is 8.34. The Morgan fingerprint density at radius 3 is 2.41 bits per heavy atom. The molecule has 1 N–H and O–H groups in total. The highest BCUT2D eigenvalue weighted by Crippen LogP contribution is 2.48. The number of hydrogen-bond donors (Lipinski definition) is 1. The highest BCUT2D eigenvalue weighted by molar-refractivity contribution is 4.99. The van der Waals surface area contributed by atoms with Gasteiger partial charge in [-0.05, 0) is 33.1 Å². The van der Waals surface area contributed by atoms with E-state index in [2.05, 4.69) is 13.8 Å². The maximum Gasteiger partial charge on any atom is 0.188 e. The first kappa shape index (κ1) is 13.3. The fourth-order valence-electron chi connectivity index (χ4n) is 3.07. The van der Waals surface area contributed by atoms with E-state index in [1.54, 1.807) is 0 Å². The zero-order valence-electron chi connectivity index (χ0n) is 11.2. The van der Waals surface area contributed by atoms with Crippen LogP contribution in [0.15, 0.2) is 0 Å². The van der Waals surface area contributed by atoms with Crippen molar-refractivity contribution in [2.24, 2.45) is 5.92 Å². The van der Waals surface area contributed by atoms with E-state index in [9.17, 15) is 0 Å². The molecule has 0 aliphatic carbocycles. The van der Waals surface area contributed by atoms with E-state index in [0.29, 0.717) is 5.92 Å². The second-order valence-electron chi connectivity index (χ2n) is 5.62. The van der Waals surface area contributed by atoms with E-state index in [0.717, 1.165) is 19.3 Å². The van der Waals surface area contributed by atoms with Crippen LogP contribution in [-0.4, -0.2) is 35.5 Å². The third-order valence-electron chi connectivity index (χ3n) is 4.12. The number of fused-ring (bicyclic) bond motifs is 1. The molecule has 2 rings (SSSR count). The van der Waals surface area contributed by atoms with Crippen LogP contribution in [-0.2, 0) is 14.2 Å². The number of aliphatic hydroxyl groups excluding tert-OH is 1. The maximum atomic E-state index is 8.99. The van der Waals surface area contributed by atoms with Crippen molar-refractivity contribution in [3.05, 3.63) is 0 Å². The normalized spacial score (nSPS) is 43.9. The van der Waals surface area contributed by atoms with Gasteiger partial charge in [0.05, 0.1) is 5.60 Å². The van der Waals surface area contributed by atoms with E-state index in [4.69, 9.17) is 19.3 Å². The molecule has 0 saturated carbocycles. The third kappa shape index (κ3) is 2.24. The quantitative estimate of drug-likeness (QED) is 0.822. The van der Waals surface area contributed by atoms with Crippen LogP contribution in [0.3, 0.4) is 0 Å². The predicted octanol–water partition coefficient (Wildman–Crippen LogP) is 2.05. The lowest BCUT2D eigenvalue weighted by molar-refractivity contribution is -0.234. The van der Waals surface area contributed by atoms with Crippen molar-refractivity contribution in [2.75, 3.05) is 6.61 Å². The van der Waals surface area contributed by atoms with Crippen LogP contribution in [0.2, 0.25) is 0 Å². The Labute approximate surface area is 103 Å². The topological polar surface area (TPSA) is 47.9 Å². The van der Waals surface area contributed by atoms with Gasteiger partial charge in [-0.3, -0.25) is 0 Å². The summed E-state index contributed by atoms with van der Waals surface area (Å²) in [4.78, 5) is 0. The minimum atomic E-state index is -0.541. The van der Waals surface area contributed by atoms with Gasteiger partial charge in [0, 0.05) is 12.5 Å². The van der Waals surface area contributed by atoms with Crippen LogP contribution in [0.5, 0.6) is 0 Å². The molecule has 0 aromatic heterocycles. The van der Waals surface area contributed by atoms with Gasteiger partial charge in [0.25, 0.3) is 0 Å². The lowest BCUT2D eigenvalue weighted by atomic mass is 9.81. The van der Waals surface area contributed by atoms with Crippen LogP contribution in [0.1, 0.15) is 47.0 Å². The zero-order chi connectivity index (χ0) is 12.7. The van der Waals surface area contributed by atoms with E-state index < -0.39 is 5.79 Å². The minimum Gasteiger partial charge on any atom is -0.396 e. The summed E-state index contributed by atoms with van der Waals surface area (Å²) >= 11 is 0. The summed E-state index contributed by atoms with van der Waals surface area (Å²) in [5, 5.41) is 8.99. The van der Waals surface area contributed by atoms with E-state index >= 15 is 0 Å². The molecular formula is C13H24O4. The molecule has 0 aromatic carbocycles. The maximum absolute atomic E-state index is 8.99. The van der Waals surface area contributed by atoms with Crippen molar-refractivity contribution in [1.82, 2.24) is 0 Å². The van der Waals surface area contributed by atoms with Crippen molar-refractivity contribution in [2.45, 2.75) is 70.7 Å². The fourth-order valence-corrected chi connectivity index (χ4v) is 3.07. The number of ether oxygens (including phenoxy) is 3. The van der Waals surface area contributed by atoms with Gasteiger partial charge in [-0.25, -0.2) is 0 Å². The van der Waals surface area contributed by atoms with Crippen molar-refractivity contribution < 1.29 is 19.3 Å². The molecule has 2 aliphatic heterocycles. The van der Waals surface area contributed by atoms with Gasteiger partial charge in [-0.2, -0.15) is 0 Å². The second-order valence-corrected chi connectivity index (χ2v) is 5.62. The molecule has 100 valence electrons. The van der Waals surface area contributed by atoms with Gasteiger partial charge in [-0.15, -0.1) is 0 Å². The predicted molar refractivity (Wildman–Crippen MR) is 63.4 cm³/mol. The number of rotatable bonds is 4. The molecule has 0 aromatic rings. The van der Waals surface area contributed by atoms with Crippen LogP contribution in [0, 0.1) is 5.92 Å². The third-order valence-corrected chi connectivity index (χ3v) is 4.12. The number of aliphatic hydroxyl groups is 1. The molecule has 2 saturated heterocycles. The van der Waals surface area contributed by atoms with Gasteiger partial charge in [0.1, 0.15) is 6.10 Å². The first-order valence-electron chi connectivity index (χ1n) is 6.58. The van der Waals surface area contributed by atoms with Gasteiger partial charge in [0.2, 0.25) is 0 Å². The summed E-state index contributed by atoms with van der Waals surface area (Å²) in [7, 11) is 0. The smallest absolute Gasteiger partial charge is 0.188 e. The highest BCUT2D eigenvalue weighted by atomic mass is 16.8. The van der Waals surface area contributed by atoms with E-state index in [-0.39, 0.29) is 24.6 Å². The summed E-state index contributed by atoms with van der Waals surface area (Å²) in [5.41, 5.74) is -0.200. The standard InChI is InChI=1S/C13H24O4/c1-5-13(7-6-8-14)9(2)10-11(17-13)16-12(3,4)15-10/h9-11,14H,5-8H2,1-4H3/t9-,10+,11-,13-/m0/s1. The fraction of sp³-hybridized carbons (Fsp3) is 1.00. The molecule has 4 heteroatoms. The van der Waals surface area contributed by atoms with Crippen LogP contribution >= 0.6 is 0 Å². The molecule has 0 bridgehead atoms. The molecule has 2 aliphatic rings. The van der Waals surface area contributed by atoms with E-state index in [1.165, 1.54) is 0 Å². The molecule has 0 radical (unpaired) electrons. The van der Waals surface area contributed by atoms with Crippen molar-refractivity contribution in [1.29, 1.82) is 0 Å². The first-order chi connectivity index (χ1) is 7.94. The first-order valence-corrected chi connectivity index (χ1v) is 6.58. The Hall–Kier alpha value is -0.160. The van der Waals surface area contributed by atoms with Crippen LogP contribution in [0.4, 0.5) is 0 Å². The van der Waals surface area contributed by atoms with E-state index in [1.807, 2.05) is 13.8 Å². The summed E-state index contributed by atoms with van der Waals surface area (Å²) < 4.78 is 17.8.